The van der Waals surface area contributed by atoms with Gasteiger partial charge < -0.3 is 12.9 Å². The van der Waals surface area contributed by atoms with E-state index >= 15 is 0 Å². The van der Waals surface area contributed by atoms with Gasteiger partial charge >= 0.3 is 6.98 Å². The van der Waals surface area contributed by atoms with E-state index in [2.05, 4.69) is 0 Å². The van der Waals surface area contributed by atoms with Gasteiger partial charge in [0.2, 0.25) is 0 Å². The lowest BCUT2D eigenvalue weighted by molar-refractivity contribution is -0.104. The van der Waals surface area contributed by atoms with E-state index in [0.717, 1.165) is 0 Å². The van der Waals surface area contributed by atoms with Crippen molar-refractivity contribution in [1.29, 1.82) is 0 Å². The summed E-state index contributed by atoms with van der Waals surface area (Å²) in [6.07, 6.45) is 0.523. The summed E-state index contributed by atoms with van der Waals surface area (Å²) in [4.78, 5) is 9.27. The number of hydrogen-bond donors (Lipinski definition) is 0. The normalized spacial score (nSPS) is 12.4. The highest BCUT2D eigenvalue weighted by atomic mass is 19.4. The molecule has 0 rings (SSSR count). The molecule has 0 heterocycles. The molecule has 8 heavy (non-hydrogen) atoms. The van der Waals surface area contributed by atoms with Crippen LogP contribution in [0.25, 0.3) is 0 Å². The number of hydrogen-bond acceptors (Lipinski definition) is 1. The zero-order chi connectivity index (χ0) is 6.62. The maximum atomic E-state index is 11.1. The van der Waals surface area contributed by atoms with Crippen LogP contribution in [0.5, 0.6) is 0 Å². The predicted octanol–water partition coefficient (Wildman–Crippen LogP) is 1.13. The number of carbonyl (C=O) groups is 1. The van der Waals surface area contributed by atoms with Gasteiger partial charge in [-0.15, -0.1) is 5.98 Å². The molecular weight excluding hydrogens is 120 g/mol. The van der Waals surface area contributed by atoms with Gasteiger partial charge in [-0.3, -0.25) is 4.79 Å². The van der Waals surface area contributed by atoms with Gasteiger partial charge in [-0.2, -0.15) is 0 Å². The third kappa shape index (κ3) is 5.26. The van der Waals surface area contributed by atoms with Crippen molar-refractivity contribution in [2.45, 2.75) is 0 Å². The third-order valence-corrected chi connectivity index (χ3v) is 0.408. The van der Waals surface area contributed by atoms with Gasteiger partial charge in [0.25, 0.3) is 0 Å². The molecule has 0 spiro atoms. The average Bonchev–Trinajstić information content (AvgIpc) is 1.59. The van der Waals surface area contributed by atoms with Crippen molar-refractivity contribution in [2.75, 3.05) is 0 Å². The minimum atomic E-state index is -4.91. The van der Waals surface area contributed by atoms with E-state index in [4.69, 9.17) is 0 Å². The van der Waals surface area contributed by atoms with Crippen molar-refractivity contribution in [3.05, 3.63) is 12.1 Å². The smallest absolute Gasteiger partial charge is 0.445 e. The Morgan fingerprint density at radius 1 is 1.25 bits per heavy atom. The molecule has 0 bridgehead atoms. The Hall–Kier alpha value is -0.735. The first-order valence-corrected chi connectivity index (χ1v) is 1.89. The summed E-state index contributed by atoms with van der Waals surface area (Å²) in [5, 5.41) is 0. The van der Waals surface area contributed by atoms with E-state index in [1.807, 2.05) is 0 Å². The fourth-order valence-electron chi connectivity index (χ4n) is 0.171. The summed E-state index contributed by atoms with van der Waals surface area (Å²) < 4.78 is 33.2. The van der Waals surface area contributed by atoms with Crippen LogP contribution in [0.1, 0.15) is 0 Å². The lowest BCUT2D eigenvalue weighted by Gasteiger charge is -2.03. The van der Waals surface area contributed by atoms with Gasteiger partial charge in [-0.1, -0.05) is 6.08 Å². The molecule has 0 unspecified atom stereocenters. The minimum absolute atomic E-state index is 0.0625. The maximum absolute atomic E-state index is 11.1. The molecule has 0 aliphatic rings. The Morgan fingerprint density at radius 2 is 1.75 bits per heavy atom. The van der Waals surface area contributed by atoms with Crippen LogP contribution in [-0.4, -0.2) is 13.3 Å². The van der Waals surface area contributed by atoms with Gasteiger partial charge in [-0.25, -0.2) is 0 Å². The third-order valence-electron chi connectivity index (χ3n) is 0.408. The second-order valence-corrected chi connectivity index (χ2v) is 1.15. The van der Waals surface area contributed by atoms with E-state index in [1.165, 1.54) is 0 Å². The molecule has 0 aromatic carbocycles. The molecule has 0 aromatic heterocycles. The highest BCUT2D eigenvalue weighted by Gasteiger charge is 2.16. The fourth-order valence-corrected chi connectivity index (χ4v) is 0.171. The topological polar surface area (TPSA) is 17.1 Å². The van der Waals surface area contributed by atoms with Crippen LogP contribution < -0.4 is 0 Å². The number of rotatable bonds is 2. The van der Waals surface area contributed by atoms with Gasteiger partial charge in [0.15, 0.2) is 0 Å². The first-order chi connectivity index (χ1) is 3.56. The summed E-state index contributed by atoms with van der Waals surface area (Å²) in [6.45, 7) is -4.91. The van der Waals surface area contributed by atoms with Crippen LogP contribution in [-0.2, 0) is 4.79 Å². The molecule has 0 saturated heterocycles. The van der Waals surface area contributed by atoms with Crippen LogP contribution in [0.4, 0.5) is 12.9 Å². The molecule has 5 heteroatoms. The first-order valence-electron chi connectivity index (χ1n) is 1.89. The Morgan fingerprint density at radius 3 is 1.88 bits per heavy atom. The lowest BCUT2D eigenvalue weighted by Crippen LogP contribution is -2.09. The largest absolute Gasteiger partial charge is 0.502 e. The van der Waals surface area contributed by atoms with E-state index in [-0.39, 0.29) is 12.3 Å². The van der Waals surface area contributed by atoms with Crippen LogP contribution in [0.15, 0.2) is 12.1 Å². The van der Waals surface area contributed by atoms with E-state index < -0.39 is 6.98 Å². The standard InChI is InChI=1S/C3H3BF3O/c5-4(6,7)2-1-3-8/h1-3H/q-1/b2-1+. The van der Waals surface area contributed by atoms with E-state index in [1.54, 1.807) is 0 Å². The molecule has 0 radical (unpaired) electrons. The molecule has 0 fully saturated rings. The van der Waals surface area contributed by atoms with Crippen molar-refractivity contribution in [3.63, 3.8) is 0 Å². The summed E-state index contributed by atoms with van der Waals surface area (Å²) in [6, 6.07) is 0. The van der Waals surface area contributed by atoms with Crippen LogP contribution >= 0.6 is 0 Å². The Balaban J connectivity index is 3.69. The first kappa shape index (κ1) is 7.26. The summed E-state index contributed by atoms with van der Waals surface area (Å²) >= 11 is 0. The van der Waals surface area contributed by atoms with E-state index in [0.29, 0.717) is 6.08 Å². The van der Waals surface area contributed by atoms with Crippen molar-refractivity contribution in [1.82, 2.24) is 0 Å². The quantitative estimate of drug-likeness (QED) is 0.305. The van der Waals surface area contributed by atoms with Crippen molar-refractivity contribution >= 4 is 13.3 Å². The van der Waals surface area contributed by atoms with Crippen molar-refractivity contribution in [3.8, 4) is 0 Å². The Labute approximate surface area is 44.2 Å². The lowest BCUT2D eigenvalue weighted by atomic mass is 9.92. The average molecular weight is 123 g/mol. The molecule has 0 aliphatic carbocycles. The number of allylic oxidation sites excluding steroid dienone is 1. The van der Waals surface area contributed by atoms with Gasteiger partial charge in [-0.05, 0) is 0 Å². The summed E-state index contributed by atoms with van der Waals surface area (Å²) in [5.41, 5.74) is 0. The number of aldehydes is 1. The van der Waals surface area contributed by atoms with Crippen LogP contribution in [0.2, 0.25) is 0 Å². The Kier molecular flexibility index (Phi) is 2.31. The molecule has 46 valence electrons. The molecule has 0 aliphatic heterocycles. The molecule has 0 aromatic rings. The van der Waals surface area contributed by atoms with Crippen LogP contribution in [0.3, 0.4) is 0 Å². The summed E-state index contributed by atoms with van der Waals surface area (Å²) in [5.74, 6) is -0.0625. The highest BCUT2D eigenvalue weighted by Crippen LogP contribution is 2.07. The molecule has 0 amide bonds. The monoisotopic (exact) mass is 123 g/mol. The van der Waals surface area contributed by atoms with Gasteiger partial charge in [0, 0.05) is 0 Å². The predicted molar refractivity (Wildman–Crippen MR) is 24.3 cm³/mol. The Bertz CT molecular complexity index is 106. The SMILES string of the molecule is O=C/C=C/[B-](F)(F)F. The maximum Gasteiger partial charge on any atom is 0.502 e. The van der Waals surface area contributed by atoms with Gasteiger partial charge in [0.05, 0.1) is 0 Å². The number of carbonyl (C=O) groups excluding carboxylic acids is 1. The second-order valence-electron chi connectivity index (χ2n) is 1.15. The highest BCUT2D eigenvalue weighted by molar-refractivity contribution is 6.64. The van der Waals surface area contributed by atoms with Gasteiger partial charge in [0.1, 0.15) is 6.29 Å². The second kappa shape index (κ2) is 2.54. The molecule has 0 saturated carbocycles. The zero-order valence-corrected chi connectivity index (χ0v) is 3.85. The molecular formula is C3H3BF3O-. The fraction of sp³-hybridized carbons (Fsp3) is 0. The number of halogens is 3. The van der Waals surface area contributed by atoms with Crippen molar-refractivity contribution in [2.24, 2.45) is 0 Å². The van der Waals surface area contributed by atoms with Crippen molar-refractivity contribution < 1.29 is 17.7 Å². The molecule has 0 atom stereocenters. The zero-order valence-electron chi connectivity index (χ0n) is 3.85. The van der Waals surface area contributed by atoms with E-state index in [9.17, 15) is 17.7 Å². The molecule has 1 nitrogen and oxygen atoms in total. The van der Waals surface area contributed by atoms with Crippen LogP contribution in [0, 0.1) is 0 Å². The minimum Gasteiger partial charge on any atom is -0.445 e. The summed E-state index contributed by atoms with van der Waals surface area (Å²) in [7, 11) is 0. The molecule has 0 N–H and O–H groups in total.